The number of halogens is 5. The van der Waals surface area contributed by atoms with Gasteiger partial charge in [-0.25, -0.2) is 8.78 Å². The second kappa shape index (κ2) is 11.7. The number of nitrogens with zero attached hydrogens (tertiary/aromatic N) is 1. The van der Waals surface area contributed by atoms with Gasteiger partial charge in [-0.05, 0) is 106 Å². The first-order valence-electron chi connectivity index (χ1n) is 15.1. The lowest BCUT2D eigenvalue weighted by Crippen LogP contribution is -2.49. The summed E-state index contributed by atoms with van der Waals surface area (Å²) in [5.41, 5.74) is 0. The van der Waals surface area contributed by atoms with E-state index in [9.17, 15) is 26.7 Å². The van der Waals surface area contributed by atoms with Crippen LogP contribution in [0.15, 0.2) is 0 Å². The first-order valence-corrected chi connectivity index (χ1v) is 15.1. The van der Waals surface area contributed by atoms with Crippen LogP contribution in [-0.2, 0) is 9.53 Å². The van der Waals surface area contributed by atoms with E-state index in [1.54, 1.807) is 0 Å². The van der Waals surface area contributed by atoms with Gasteiger partial charge in [0, 0.05) is 18.5 Å². The maximum absolute atomic E-state index is 14.2. The molecule has 39 heavy (non-hydrogen) atoms. The first-order chi connectivity index (χ1) is 18.5. The molecule has 0 aromatic heterocycles. The zero-order chi connectivity index (χ0) is 27.9. The third-order valence-electron chi connectivity index (χ3n) is 10.5. The highest BCUT2D eigenvalue weighted by Gasteiger charge is 2.52. The minimum absolute atomic E-state index is 0.00339. The zero-order valence-corrected chi connectivity index (χ0v) is 22.9. The van der Waals surface area contributed by atoms with Crippen molar-refractivity contribution in [1.82, 2.24) is 10.2 Å². The quantitative estimate of drug-likeness (QED) is 0.360. The fourth-order valence-corrected chi connectivity index (χ4v) is 8.30. The Hall–Kier alpha value is -1.61. The number of nitrogens with one attached hydrogen (secondary N) is 2. The standard InChI is InChI=1S/C29H44F5N3O2/c1-16-10-19(4-7-25(16)31)26(18-2-3-18)36-27(38)21-12-17(15-37-8-9-39-28(37)35)11-20(13-21)23-6-5-22(30)14-24(23)29(32,33)34/h16-26,35H,2-15H2,1H3,(H,36,38)/t16?,17?,19?,20?,21?,22?,23?,24?,25?,26-/m0/s1. The van der Waals surface area contributed by atoms with Crippen molar-refractivity contribution in [2.45, 2.75) is 102 Å². The highest BCUT2D eigenvalue weighted by Crippen LogP contribution is 2.51. The molecular formula is C29H44F5N3O2. The van der Waals surface area contributed by atoms with Gasteiger partial charge < -0.3 is 15.0 Å². The Morgan fingerprint density at radius 3 is 2.41 bits per heavy atom. The highest BCUT2D eigenvalue weighted by molar-refractivity contribution is 5.79. The topological polar surface area (TPSA) is 65.4 Å². The van der Waals surface area contributed by atoms with Crippen molar-refractivity contribution in [2.24, 2.45) is 47.3 Å². The van der Waals surface area contributed by atoms with E-state index in [1.807, 2.05) is 11.8 Å². The third kappa shape index (κ3) is 6.83. The smallest absolute Gasteiger partial charge is 0.392 e. The zero-order valence-electron chi connectivity index (χ0n) is 22.9. The van der Waals surface area contributed by atoms with Crippen molar-refractivity contribution in [3.05, 3.63) is 0 Å². The van der Waals surface area contributed by atoms with Gasteiger partial charge in [0.2, 0.25) is 5.91 Å². The number of carbonyl (C=O) groups excluding carboxylic acids is 1. The van der Waals surface area contributed by atoms with Crippen LogP contribution in [0.4, 0.5) is 22.0 Å². The van der Waals surface area contributed by atoms with Gasteiger partial charge in [0.25, 0.3) is 6.02 Å². The predicted molar refractivity (Wildman–Crippen MR) is 137 cm³/mol. The molecule has 1 amide bonds. The maximum Gasteiger partial charge on any atom is 0.392 e. The van der Waals surface area contributed by atoms with Crippen molar-refractivity contribution in [3.63, 3.8) is 0 Å². The van der Waals surface area contributed by atoms with Crippen molar-refractivity contribution in [1.29, 1.82) is 5.41 Å². The van der Waals surface area contributed by atoms with Crippen LogP contribution >= 0.6 is 0 Å². The Labute approximate surface area is 228 Å². The van der Waals surface area contributed by atoms with E-state index >= 15 is 0 Å². The molecule has 5 rings (SSSR count). The molecule has 9 unspecified atom stereocenters. The van der Waals surface area contributed by atoms with Crippen LogP contribution in [0.25, 0.3) is 0 Å². The van der Waals surface area contributed by atoms with Crippen LogP contribution in [-0.4, -0.2) is 61.1 Å². The lowest BCUT2D eigenvalue weighted by Gasteiger charge is -2.45. The van der Waals surface area contributed by atoms with E-state index < -0.39 is 42.7 Å². The number of rotatable bonds is 7. The molecule has 0 aromatic carbocycles. The summed E-state index contributed by atoms with van der Waals surface area (Å²) in [6.07, 6.45) is -1.28. The van der Waals surface area contributed by atoms with Crippen LogP contribution in [0.2, 0.25) is 0 Å². The molecular weight excluding hydrogens is 517 g/mol. The van der Waals surface area contributed by atoms with Crippen molar-refractivity contribution < 1.29 is 31.5 Å². The van der Waals surface area contributed by atoms with Gasteiger partial charge in [-0.2, -0.15) is 13.2 Å². The Bertz CT molecular complexity index is 883. The number of hydrogen-bond donors (Lipinski definition) is 2. The van der Waals surface area contributed by atoms with E-state index in [2.05, 4.69) is 5.32 Å². The minimum atomic E-state index is -4.46. The summed E-state index contributed by atoms with van der Waals surface area (Å²) >= 11 is 0. The van der Waals surface area contributed by atoms with Crippen LogP contribution < -0.4 is 5.32 Å². The first kappa shape index (κ1) is 28.9. The lowest BCUT2D eigenvalue weighted by molar-refractivity contribution is -0.209. The normalized spacial score (nSPS) is 40.7. The van der Waals surface area contributed by atoms with Gasteiger partial charge in [-0.1, -0.05) is 6.92 Å². The van der Waals surface area contributed by atoms with Crippen LogP contribution in [0.3, 0.4) is 0 Å². The highest BCUT2D eigenvalue weighted by atomic mass is 19.4. The number of carbonyl (C=O) groups is 1. The van der Waals surface area contributed by atoms with Crippen LogP contribution in [0.1, 0.15) is 77.6 Å². The molecule has 0 spiro atoms. The summed E-state index contributed by atoms with van der Waals surface area (Å²) < 4.78 is 75.7. The van der Waals surface area contributed by atoms with E-state index in [1.165, 1.54) is 0 Å². The summed E-state index contributed by atoms with van der Waals surface area (Å²) in [7, 11) is 0. The average Bonchev–Trinajstić information content (AvgIpc) is 3.65. The summed E-state index contributed by atoms with van der Waals surface area (Å²) in [6, 6.07) is 0.0759. The summed E-state index contributed by atoms with van der Waals surface area (Å²) in [4.78, 5) is 15.6. The fraction of sp³-hybridized carbons (Fsp3) is 0.931. The molecule has 5 aliphatic rings. The minimum Gasteiger partial charge on any atom is -0.463 e. The number of hydrogen-bond acceptors (Lipinski definition) is 3. The summed E-state index contributed by atoms with van der Waals surface area (Å²) in [5, 5.41) is 11.4. The van der Waals surface area contributed by atoms with Gasteiger partial charge in [0.05, 0.1) is 12.5 Å². The summed E-state index contributed by atoms with van der Waals surface area (Å²) in [6.45, 7) is 3.40. The Balaban J connectivity index is 1.32. The second-order valence-corrected chi connectivity index (χ2v) is 13.3. The van der Waals surface area contributed by atoms with Gasteiger partial charge in [-0.15, -0.1) is 0 Å². The van der Waals surface area contributed by atoms with Crippen molar-refractivity contribution in [3.8, 4) is 0 Å². The molecule has 1 heterocycles. The van der Waals surface area contributed by atoms with Gasteiger partial charge >= 0.3 is 6.18 Å². The predicted octanol–water partition coefficient (Wildman–Crippen LogP) is 6.27. The van der Waals surface area contributed by atoms with Crippen molar-refractivity contribution >= 4 is 11.9 Å². The van der Waals surface area contributed by atoms with Gasteiger partial charge in [-0.3, -0.25) is 10.2 Å². The van der Waals surface area contributed by atoms with E-state index in [0.29, 0.717) is 51.3 Å². The molecule has 5 nitrogen and oxygen atoms in total. The SMILES string of the molecule is CC1CC([C@@H](NC(=O)C2CC(CN3CCOC3=N)CC(C3CCC(F)CC3C(F)(F)F)C2)C2CC2)CCC1F. The van der Waals surface area contributed by atoms with Crippen LogP contribution in [0.5, 0.6) is 0 Å². The lowest BCUT2D eigenvalue weighted by atomic mass is 9.63. The van der Waals surface area contributed by atoms with E-state index in [4.69, 9.17) is 10.1 Å². The second-order valence-electron chi connectivity index (χ2n) is 13.3. The molecule has 1 aliphatic heterocycles. The molecule has 222 valence electrons. The third-order valence-corrected chi connectivity index (χ3v) is 10.5. The van der Waals surface area contributed by atoms with Gasteiger partial charge in [0.15, 0.2) is 0 Å². The Kier molecular flexibility index (Phi) is 8.68. The van der Waals surface area contributed by atoms with E-state index in [0.717, 1.165) is 25.7 Å². The largest absolute Gasteiger partial charge is 0.463 e. The molecule has 5 fully saturated rings. The molecule has 4 aliphatic carbocycles. The molecule has 0 aromatic rings. The monoisotopic (exact) mass is 561 g/mol. The molecule has 0 radical (unpaired) electrons. The van der Waals surface area contributed by atoms with E-state index in [-0.39, 0.29) is 54.5 Å². The molecule has 4 saturated carbocycles. The maximum atomic E-state index is 14.2. The number of amidine groups is 1. The molecule has 10 atom stereocenters. The van der Waals surface area contributed by atoms with Crippen molar-refractivity contribution in [2.75, 3.05) is 19.7 Å². The molecule has 10 heteroatoms. The number of ether oxygens (including phenoxy) is 1. The van der Waals surface area contributed by atoms with Gasteiger partial charge in [0.1, 0.15) is 19.0 Å². The molecule has 1 saturated heterocycles. The Morgan fingerprint density at radius 1 is 1.03 bits per heavy atom. The van der Waals surface area contributed by atoms with Crippen LogP contribution in [0, 0.1) is 52.8 Å². The number of alkyl halides is 5. The average molecular weight is 562 g/mol. The Morgan fingerprint density at radius 2 is 1.77 bits per heavy atom. The fourth-order valence-electron chi connectivity index (χ4n) is 8.30. The summed E-state index contributed by atoms with van der Waals surface area (Å²) in [5.74, 6) is -2.65. The molecule has 2 N–H and O–H groups in total. The number of amides is 1. The molecule has 0 bridgehead atoms.